The number of rotatable bonds is 5. The second-order valence-electron chi connectivity index (χ2n) is 9.21. The van der Waals surface area contributed by atoms with Crippen molar-refractivity contribution >= 4 is 41.4 Å². The Kier molecular flexibility index (Phi) is 7.42. The molecule has 4 nitrogen and oxygen atoms in total. The molecule has 2 aliphatic rings. The number of fused-ring (bicyclic) bond motifs is 1. The Labute approximate surface area is 200 Å². The summed E-state index contributed by atoms with van der Waals surface area (Å²) in [5.41, 5.74) is 2.18. The van der Waals surface area contributed by atoms with Crippen molar-refractivity contribution in [3.05, 3.63) is 69.2 Å². The fourth-order valence-electron chi connectivity index (χ4n) is 4.76. The molecular weight excluding hydrogens is 455 g/mol. The first kappa shape index (κ1) is 24.5. The van der Waals surface area contributed by atoms with E-state index >= 15 is 0 Å². The fourth-order valence-corrected chi connectivity index (χ4v) is 5.08. The van der Waals surface area contributed by atoms with Gasteiger partial charge in [0.1, 0.15) is 5.54 Å². The Balaban J connectivity index is 0.00000272. The molecule has 0 aromatic heterocycles. The van der Waals surface area contributed by atoms with Crippen molar-refractivity contribution in [1.29, 1.82) is 0 Å². The topological polar surface area (TPSA) is 52.6 Å². The Hall–Kier alpha value is -1.14. The number of aliphatic hydroxyl groups is 1. The summed E-state index contributed by atoms with van der Waals surface area (Å²) < 4.78 is 0. The van der Waals surface area contributed by atoms with Gasteiger partial charge < -0.3 is 5.11 Å². The summed E-state index contributed by atoms with van der Waals surface area (Å²) in [7, 11) is 0. The van der Waals surface area contributed by atoms with E-state index in [4.69, 9.17) is 23.2 Å². The molecule has 2 unspecified atom stereocenters. The second kappa shape index (κ2) is 9.38. The SMILES string of the molecule is CC1(C)CNC(CN2CCC(O)C2)(C(=O)Cc2ccc(Cl)c(Cl)c2)c2ccccc21.Cl. The highest BCUT2D eigenvalue weighted by Gasteiger charge is 2.48. The van der Waals surface area contributed by atoms with Gasteiger partial charge in [-0.15, -0.1) is 12.4 Å². The summed E-state index contributed by atoms with van der Waals surface area (Å²) in [4.78, 5) is 16.1. The van der Waals surface area contributed by atoms with Crippen molar-refractivity contribution in [2.45, 2.75) is 43.7 Å². The Morgan fingerprint density at radius 1 is 1.16 bits per heavy atom. The molecule has 2 aliphatic heterocycles. The largest absolute Gasteiger partial charge is 0.392 e. The summed E-state index contributed by atoms with van der Waals surface area (Å²) >= 11 is 12.3. The lowest BCUT2D eigenvalue weighted by Gasteiger charge is -2.47. The Bertz CT molecular complexity index is 966. The quantitative estimate of drug-likeness (QED) is 0.663. The highest BCUT2D eigenvalue weighted by atomic mass is 35.5. The number of β-amino-alcohol motifs (C(OH)–C–C–N with tert-alkyl or cyclic N) is 1. The van der Waals surface area contributed by atoms with E-state index in [1.165, 1.54) is 5.56 Å². The first-order valence-electron chi connectivity index (χ1n) is 10.4. The van der Waals surface area contributed by atoms with Crippen LogP contribution >= 0.6 is 35.6 Å². The van der Waals surface area contributed by atoms with Crippen LogP contribution < -0.4 is 5.32 Å². The zero-order valence-electron chi connectivity index (χ0n) is 17.8. The van der Waals surface area contributed by atoms with Gasteiger partial charge in [-0.3, -0.25) is 15.0 Å². The van der Waals surface area contributed by atoms with Crippen molar-refractivity contribution < 1.29 is 9.90 Å². The van der Waals surface area contributed by atoms with Crippen molar-refractivity contribution in [2.24, 2.45) is 0 Å². The molecule has 168 valence electrons. The smallest absolute Gasteiger partial charge is 0.163 e. The maximum Gasteiger partial charge on any atom is 0.163 e. The number of ketones is 1. The third-order valence-electron chi connectivity index (χ3n) is 6.48. The van der Waals surface area contributed by atoms with Crippen molar-refractivity contribution in [1.82, 2.24) is 10.2 Å². The minimum atomic E-state index is -0.831. The molecule has 0 saturated carbocycles. The molecular formula is C24H29Cl3N2O2. The Morgan fingerprint density at radius 3 is 2.52 bits per heavy atom. The molecule has 0 radical (unpaired) electrons. The number of carbonyl (C=O) groups excluding carboxylic acids is 1. The number of aliphatic hydroxyl groups excluding tert-OH is 1. The molecule has 0 amide bonds. The van der Waals surface area contributed by atoms with E-state index in [-0.39, 0.29) is 36.1 Å². The van der Waals surface area contributed by atoms with Gasteiger partial charge in [-0.25, -0.2) is 0 Å². The van der Waals surface area contributed by atoms with Gasteiger partial charge in [0.05, 0.1) is 16.1 Å². The normalized spacial score (nSPS) is 25.0. The lowest BCUT2D eigenvalue weighted by Crippen LogP contribution is -2.62. The summed E-state index contributed by atoms with van der Waals surface area (Å²) in [6.07, 6.45) is 0.668. The number of nitrogens with zero attached hydrogens (tertiary/aromatic N) is 1. The van der Waals surface area contributed by atoms with Crippen LogP contribution in [0.5, 0.6) is 0 Å². The molecule has 0 aliphatic carbocycles. The maximum absolute atomic E-state index is 13.9. The molecule has 0 bridgehead atoms. The van der Waals surface area contributed by atoms with Crippen LogP contribution in [0.25, 0.3) is 0 Å². The molecule has 4 rings (SSSR count). The second-order valence-corrected chi connectivity index (χ2v) is 10.0. The highest BCUT2D eigenvalue weighted by molar-refractivity contribution is 6.42. The van der Waals surface area contributed by atoms with E-state index in [1.54, 1.807) is 12.1 Å². The number of likely N-dealkylation sites (tertiary alicyclic amines) is 1. The third kappa shape index (κ3) is 4.80. The first-order valence-corrected chi connectivity index (χ1v) is 11.2. The zero-order valence-corrected chi connectivity index (χ0v) is 20.2. The number of halogens is 3. The lowest BCUT2D eigenvalue weighted by molar-refractivity contribution is -0.126. The van der Waals surface area contributed by atoms with E-state index in [0.717, 1.165) is 24.1 Å². The van der Waals surface area contributed by atoms with E-state index in [1.807, 2.05) is 18.2 Å². The van der Waals surface area contributed by atoms with Crippen LogP contribution in [0.15, 0.2) is 42.5 Å². The number of hydrogen-bond donors (Lipinski definition) is 2. The van der Waals surface area contributed by atoms with Crippen LogP contribution in [0, 0.1) is 0 Å². The van der Waals surface area contributed by atoms with Crippen LogP contribution in [0.3, 0.4) is 0 Å². The summed E-state index contributed by atoms with van der Waals surface area (Å²) in [6.45, 7) is 7.02. The standard InChI is InChI=1S/C24H28Cl2N2O2.ClH/c1-23(2)14-27-24(15-28-10-9-17(29)13-28,19-6-4-3-5-18(19)23)22(30)12-16-7-8-20(25)21(26)11-16;/h3-8,11,17,27,29H,9-10,12-15H2,1-2H3;1H. The van der Waals surface area contributed by atoms with Crippen LogP contribution in [-0.2, 0) is 22.2 Å². The summed E-state index contributed by atoms with van der Waals surface area (Å²) in [6, 6.07) is 13.6. The van der Waals surface area contributed by atoms with E-state index in [0.29, 0.717) is 29.7 Å². The maximum atomic E-state index is 13.9. The van der Waals surface area contributed by atoms with Gasteiger partial charge in [0.25, 0.3) is 0 Å². The minimum Gasteiger partial charge on any atom is -0.392 e. The van der Waals surface area contributed by atoms with Gasteiger partial charge in [-0.05, 0) is 35.2 Å². The van der Waals surface area contributed by atoms with Gasteiger partial charge in [0.15, 0.2) is 5.78 Å². The van der Waals surface area contributed by atoms with E-state index in [2.05, 4.69) is 36.2 Å². The van der Waals surface area contributed by atoms with Crippen LogP contribution in [-0.4, -0.2) is 48.1 Å². The van der Waals surface area contributed by atoms with Crippen LogP contribution in [0.1, 0.15) is 37.0 Å². The number of Topliss-reactive ketones (excluding diaryl/α,β-unsaturated/α-hetero) is 1. The molecule has 1 saturated heterocycles. The molecule has 2 heterocycles. The molecule has 2 aromatic carbocycles. The summed E-state index contributed by atoms with van der Waals surface area (Å²) in [5.74, 6) is 0.102. The highest BCUT2D eigenvalue weighted by Crippen LogP contribution is 2.40. The number of benzene rings is 2. The molecule has 2 N–H and O–H groups in total. The predicted octanol–water partition coefficient (Wildman–Crippen LogP) is 4.37. The molecule has 31 heavy (non-hydrogen) atoms. The van der Waals surface area contributed by atoms with Gasteiger partial charge in [0.2, 0.25) is 0 Å². The van der Waals surface area contributed by atoms with Gasteiger partial charge in [-0.1, -0.05) is 67.4 Å². The van der Waals surface area contributed by atoms with Gasteiger partial charge >= 0.3 is 0 Å². The van der Waals surface area contributed by atoms with Crippen LogP contribution in [0.2, 0.25) is 10.0 Å². The van der Waals surface area contributed by atoms with E-state index in [9.17, 15) is 9.90 Å². The predicted molar refractivity (Wildman–Crippen MR) is 129 cm³/mol. The molecule has 0 spiro atoms. The number of nitrogens with one attached hydrogen (secondary N) is 1. The third-order valence-corrected chi connectivity index (χ3v) is 7.22. The van der Waals surface area contributed by atoms with Gasteiger partial charge in [0, 0.05) is 38.0 Å². The zero-order chi connectivity index (χ0) is 21.5. The number of hydrogen-bond acceptors (Lipinski definition) is 4. The molecule has 7 heteroatoms. The fraction of sp³-hybridized carbons (Fsp3) is 0.458. The van der Waals surface area contributed by atoms with E-state index < -0.39 is 5.54 Å². The minimum absolute atomic E-state index is 0. The Morgan fingerprint density at radius 2 is 1.87 bits per heavy atom. The monoisotopic (exact) mass is 482 g/mol. The average Bonchev–Trinajstić information content (AvgIpc) is 3.12. The average molecular weight is 484 g/mol. The van der Waals surface area contributed by atoms with Gasteiger partial charge in [-0.2, -0.15) is 0 Å². The first-order chi connectivity index (χ1) is 14.2. The molecule has 1 fully saturated rings. The van der Waals surface area contributed by atoms with Crippen molar-refractivity contribution in [3.8, 4) is 0 Å². The molecule has 2 aromatic rings. The molecule has 2 atom stereocenters. The van der Waals surface area contributed by atoms with Crippen LogP contribution in [0.4, 0.5) is 0 Å². The lowest BCUT2D eigenvalue weighted by atomic mass is 9.69. The summed E-state index contributed by atoms with van der Waals surface area (Å²) in [5, 5.41) is 14.6. The number of carbonyl (C=O) groups is 1. The van der Waals surface area contributed by atoms with Crippen molar-refractivity contribution in [3.63, 3.8) is 0 Å². The van der Waals surface area contributed by atoms with Crippen molar-refractivity contribution in [2.75, 3.05) is 26.2 Å².